The molecule has 3 nitrogen and oxygen atoms in total. The van der Waals surface area contributed by atoms with E-state index in [1.54, 1.807) is 0 Å². The number of benzene rings is 1. The van der Waals surface area contributed by atoms with E-state index >= 15 is 0 Å². The maximum absolute atomic E-state index is 5.69. The first kappa shape index (κ1) is 12.7. The summed E-state index contributed by atoms with van der Waals surface area (Å²) in [6.45, 7) is 5.77. The molecule has 5 rings (SSSR count). The molecule has 2 bridgehead atoms. The predicted octanol–water partition coefficient (Wildman–Crippen LogP) is 2.20. The van der Waals surface area contributed by atoms with Crippen molar-refractivity contribution in [1.82, 2.24) is 10.2 Å². The number of ether oxygens (including phenoxy) is 1. The lowest BCUT2D eigenvalue weighted by molar-refractivity contribution is 0.0720. The second-order valence-electron chi connectivity index (χ2n) is 6.52. The summed E-state index contributed by atoms with van der Waals surface area (Å²) in [7, 11) is 0. The van der Waals surface area contributed by atoms with Crippen LogP contribution in [0.25, 0.3) is 0 Å². The van der Waals surface area contributed by atoms with Crippen LogP contribution in [0.2, 0.25) is 0 Å². The Morgan fingerprint density at radius 1 is 1.25 bits per heavy atom. The Morgan fingerprint density at radius 2 is 2.15 bits per heavy atom. The number of fused-ring (bicyclic) bond motifs is 4. The van der Waals surface area contributed by atoms with E-state index < -0.39 is 0 Å². The molecular weight excluding hydrogens is 248 g/mol. The number of hydrogen-bond donors (Lipinski definition) is 1. The molecule has 0 saturated carbocycles. The van der Waals surface area contributed by atoms with E-state index in [1.165, 1.54) is 50.0 Å². The van der Waals surface area contributed by atoms with Crippen LogP contribution < -0.4 is 10.1 Å². The molecule has 0 aromatic heterocycles. The summed E-state index contributed by atoms with van der Waals surface area (Å²) in [6, 6.07) is 7.41. The molecule has 0 spiro atoms. The summed E-state index contributed by atoms with van der Waals surface area (Å²) < 4.78 is 5.69. The van der Waals surface area contributed by atoms with Gasteiger partial charge in [-0.1, -0.05) is 12.1 Å². The molecule has 4 aliphatic heterocycles. The van der Waals surface area contributed by atoms with Gasteiger partial charge in [0.05, 0.1) is 6.61 Å². The van der Waals surface area contributed by atoms with Crippen molar-refractivity contribution in [2.45, 2.75) is 38.3 Å². The smallest absolute Gasteiger partial charge is 0.122 e. The molecule has 1 atom stereocenters. The van der Waals surface area contributed by atoms with Crippen LogP contribution in [-0.2, 0) is 13.0 Å². The van der Waals surface area contributed by atoms with Gasteiger partial charge in [-0.05, 0) is 61.9 Å². The maximum atomic E-state index is 5.69. The van der Waals surface area contributed by atoms with E-state index in [0.717, 1.165) is 31.2 Å². The molecule has 1 aromatic rings. The number of rotatable bonds is 3. The molecule has 20 heavy (non-hydrogen) atoms. The van der Waals surface area contributed by atoms with Crippen molar-refractivity contribution in [2.24, 2.45) is 5.92 Å². The molecule has 3 saturated heterocycles. The zero-order valence-corrected chi connectivity index (χ0v) is 12.1. The van der Waals surface area contributed by atoms with Gasteiger partial charge in [0.15, 0.2) is 0 Å². The normalized spacial score (nSPS) is 31.7. The van der Waals surface area contributed by atoms with Gasteiger partial charge in [-0.3, -0.25) is 0 Å². The van der Waals surface area contributed by atoms with Crippen LogP contribution in [0, 0.1) is 5.92 Å². The molecule has 0 amide bonds. The number of nitrogens with zero attached hydrogens (tertiary/aromatic N) is 1. The van der Waals surface area contributed by atoms with Gasteiger partial charge >= 0.3 is 0 Å². The minimum absolute atomic E-state index is 0.699. The number of piperidine rings is 3. The van der Waals surface area contributed by atoms with Gasteiger partial charge in [-0.2, -0.15) is 0 Å². The summed E-state index contributed by atoms with van der Waals surface area (Å²) in [5, 5.41) is 3.79. The molecule has 0 radical (unpaired) electrons. The van der Waals surface area contributed by atoms with Crippen molar-refractivity contribution in [3.63, 3.8) is 0 Å². The fourth-order valence-electron chi connectivity index (χ4n) is 3.97. The van der Waals surface area contributed by atoms with Crippen LogP contribution in [0.4, 0.5) is 0 Å². The molecule has 1 aromatic carbocycles. The Bertz CT molecular complexity index is 480. The molecule has 1 N–H and O–H groups in total. The van der Waals surface area contributed by atoms with Crippen molar-refractivity contribution in [2.75, 3.05) is 26.2 Å². The molecule has 0 unspecified atom stereocenters. The predicted molar refractivity (Wildman–Crippen MR) is 80.0 cm³/mol. The van der Waals surface area contributed by atoms with E-state index in [0.29, 0.717) is 6.04 Å². The zero-order valence-electron chi connectivity index (χ0n) is 12.1. The van der Waals surface area contributed by atoms with E-state index in [2.05, 4.69) is 28.4 Å². The third-order valence-corrected chi connectivity index (χ3v) is 5.20. The van der Waals surface area contributed by atoms with E-state index in [1.807, 2.05) is 0 Å². The molecule has 3 fully saturated rings. The van der Waals surface area contributed by atoms with E-state index in [9.17, 15) is 0 Å². The van der Waals surface area contributed by atoms with Crippen molar-refractivity contribution in [3.8, 4) is 5.75 Å². The van der Waals surface area contributed by atoms with Crippen LogP contribution in [0.3, 0.4) is 0 Å². The SMILES string of the molecule is c1cc2c(cc1CN[C@H]1CN3CCC1CC3)CCCO2. The standard InChI is InChI=1S/C17H24N2O/c1-2-15-10-13(3-4-17(15)20-9-1)11-18-16-12-19-7-5-14(16)6-8-19/h3-4,10,14,16,18H,1-2,5-9,11-12H2/t16-/m0/s1. The Hall–Kier alpha value is -1.06. The van der Waals surface area contributed by atoms with Crippen LogP contribution in [0.15, 0.2) is 18.2 Å². The number of hydrogen-bond acceptors (Lipinski definition) is 3. The van der Waals surface area contributed by atoms with E-state index in [-0.39, 0.29) is 0 Å². The van der Waals surface area contributed by atoms with Crippen LogP contribution in [0.1, 0.15) is 30.4 Å². The van der Waals surface area contributed by atoms with Crippen LogP contribution in [0.5, 0.6) is 5.75 Å². The Kier molecular flexibility index (Phi) is 3.41. The van der Waals surface area contributed by atoms with Crippen molar-refractivity contribution in [3.05, 3.63) is 29.3 Å². The topological polar surface area (TPSA) is 24.5 Å². The highest BCUT2D eigenvalue weighted by atomic mass is 16.5. The summed E-state index contributed by atoms with van der Waals surface area (Å²) in [5.74, 6) is 2.00. The zero-order chi connectivity index (χ0) is 13.4. The Labute approximate surface area is 121 Å². The van der Waals surface area contributed by atoms with Gasteiger partial charge in [-0.15, -0.1) is 0 Å². The van der Waals surface area contributed by atoms with Gasteiger partial charge in [0.2, 0.25) is 0 Å². The highest BCUT2D eigenvalue weighted by Gasteiger charge is 2.33. The summed E-state index contributed by atoms with van der Waals surface area (Å²) in [4.78, 5) is 2.61. The van der Waals surface area contributed by atoms with E-state index in [4.69, 9.17) is 4.74 Å². The van der Waals surface area contributed by atoms with Crippen molar-refractivity contribution < 1.29 is 4.74 Å². The lowest BCUT2D eigenvalue weighted by Crippen LogP contribution is -2.55. The van der Waals surface area contributed by atoms with Gasteiger partial charge in [0, 0.05) is 19.1 Å². The third-order valence-electron chi connectivity index (χ3n) is 5.20. The van der Waals surface area contributed by atoms with Crippen molar-refractivity contribution in [1.29, 1.82) is 0 Å². The minimum atomic E-state index is 0.699. The third kappa shape index (κ3) is 2.45. The molecule has 3 heteroatoms. The first-order valence-corrected chi connectivity index (χ1v) is 8.09. The number of aryl methyl sites for hydroxylation is 1. The molecule has 0 aliphatic carbocycles. The van der Waals surface area contributed by atoms with Gasteiger partial charge < -0.3 is 15.0 Å². The average Bonchev–Trinajstić information content (AvgIpc) is 2.54. The number of nitrogens with one attached hydrogen (secondary N) is 1. The average molecular weight is 272 g/mol. The molecule has 4 aliphatic rings. The molecular formula is C17H24N2O. The van der Waals surface area contributed by atoms with Gasteiger partial charge in [0.25, 0.3) is 0 Å². The first-order chi connectivity index (χ1) is 9.88. The Morgan fingerprint density at radius 3 is 2.95 bits per heavy atom. The molecule has 4 heterocycles. The lowest BCUT2D eigenvalue weighted by atomic mass is 9.84. The summed E-state index contributed by atoms with van der Waals surface area (Å²) in [5.41, 5.74) is 2.80. The monoisotopic (exact) mass is 272 g/mol. The van der Waals surface area contributed by atoms with Gasteiger partial charge in [-0.25, -0.2) is 0 Å². The van der Waals surface area contributed by atoms with Crippen molar-refractivity contribution >= 4 is 0 Å². The highest BCUT2D eigenvalue weighted by molar-refractivity contribution is 5.38. The Balaban J connectivity index is 1.39. The highest BCUT2D eigenvalue weighted by Crippen LogP contribution is 2.28. The first-order valence-electron chi connectivity index (χ1n) is 8.09. The summed E-state index contributed by atoms with van der Waals surface area (Å²) >= 11 is 0. The quantitative estimate of drug-likeness (QED) is 0.913. The maximum Gasteiger partial charge on any atom is 0.122 e. The minimum Gasteiger partial charge on any atom is -0.493 e. The largest absolute Gasteiger partial charge is 0.493 e. The second-order valence-corrected chi connectivity index (χ2v) is 6.52. The fourth-order valence-corrected chi connectivity index (χ4v) is 3.97. The molecule has 108 valence electrons. The van der Waals surface area contributed by atoms with Crippen LogP contribution in [-0.4, -0.2) is 37.2 Å². The summed E-state index contributed by atoms with van der Waals surface area (Å²) in [6.07, 6.45) is 5.10. The van der Waals surface area contributed by atoms with Gasteiger partial charge in [0.1, 0.15) is 5.75 Å². The lowest BCUT2D eigenvalue weighted by Gasteiger charge is -2.45. The van der Waals surface area contributed by atoms with Crippen LogP contribution >= 0.6 is 0 Å². The fraction of sp³-hybridized carbons (Fsp3) is 0.647. The second kappa shape index (κ2) is 5.38.